The summed E-state index contributed by atoms with van der Waals surface area (Å²) >= 11 is 0. The van der Waals surface area contributed by atoms with E-state index in [-0.39, 0.29) is 22.6 Å². The number of fused-ring (bicyclic) bond motifs is 1. The number of phenolic OH excluding ortho intramolecular Hbond substituents is 1. The van der Waals surface area contributed by atoms with Gasteiger partial charge in [0.15, 0.2) is 11.5 Å². The number of likely N-dealkylation sites (N-methyl/N-ethyl adjacent to an activating group) is 1. The van der Waals surface area contributed by atoms with Gasteiger partial charge in [-0.15, -0.1) is 0 Å². The third-order valence-electron chi connectivity index (χ3n) is 5.57. The number of anilines is 1. The lowest BCUT2D eigenvalue weighted by atomic mass is 9.97. The summed E-state index contributed by atoms with van der Waals surface area (Å²) in [4.78, 5) is 8.85. The zero-order valence-electron chi connectivity index (χ0n) is 16.8. The smallest absolute Gasteiger partial charge is 0.196 e. The number of pyridine rings is 1. The van der Waals surface area contributed by atoms with Gasteiger partial charge in [0.05, 0.1) is 22.8 Å². The molecule has 0 unspecified atom stereocenters. The Morgan fingerprint density at radius 2 is 2.00 bits per heavy atom. The first-order chi connectivity index (χ1) is 15.0. The fourth-order valence-electron chi connectivity index (χ4n) is 3.88. The number of nitriles is 1. The molecule has 1 aliphatic rings. The lowest BCUT2D eigenvalue weighted by Crippen LogP contribution is -2.44. The SMILES string of the molecule is CN1CCN(c2ccc(-c3c(C#N)c(-c4ccc(O)cc4F)nc4[nH]ncc34)o2)CC1. The Morgan fingerprint density at radius 1 is 1.19 bits per heavy atom. The van der Waals surface area contributed by atoms with Gasteiger partial charge in [0, 0.05) is 49.4 Å². The van der Waals surface area contributed by atoms with Crippen LogP contribution in [0.5, 0.6) is 5.75 Å². The molecule has 0 saturated carbocycles. The van der Waals surface area contributed by atoms with Crippen LogP contribution >= 0.6 is 0 Å². The predicted octanol–water partition coefficient (Wildman–Crippen LogP) is 3.35. The number of rotatable bonds is 3. The van der Waals surface area contributed by atoms with E-state index in [1.54, 1.807) is 6.20 Å². The number of H-pyrrole nitrogens is 1. The Kier molecular flexibility index (Phi) is 4.56. The minimum absolute atomic E-state index is 0.109. The van der Waals surface area contributed by atoms with Crippen LogP contribution in [0, 0.1) is 17.1 Å². The Balaban J connectivity index is 1.67. The maximum absolute atomic E-state index is 14.6. The van der Waals surface area contributed by atoms with E-state index in [0.717, 1.165) is 38.1 Å². The van der Waals surface area contributed by atoms with Crippen LogP contribution in [0.1, 0.15) is 5.56 Å². The normalized spacial score (nSPS) is 14.8. The predicted molar refractivity (Wildman–Crippen MR) is 113 cm³/mol. The van der Waals surface area contributed by atoms with Gasteiger partial charge in [0.1, 0.15) is 23.4 Å². The molecule has 0 radical (unpaired) electrons. The van der Waals surface area contributed by atoms with Crippen LogP contribution < -0.4 is 4.90 Å². The third kappa shape index (κ3) is 3.27. The van der Waals surface area contributed by atoms with Gasteiger partial charge in [0.2, 0.25) is 0 Å². The highest BCUT2D eigenvalue weighted by molar-refractivity contribution is 5.98. The van der Waals surface area contributed by atoms with Crippen molar-refractivity contribution < 1.29 is 13.9 Å². The molecule has 4 heterocycles. The first-order valence-electron chi connectivity index (χ1n) is 9.85. The Hall–Kier alpha value is -3.90. The summed E-state index contributed by atoms with van der Waals surface area (Å²) < 4.78 is 20.8. The highest BCUT2D eigenvalue weighted by Crippen LogP contribution is 2.39. The molecular formula is C22H19FN6O2. The largest absolute Gasteiger partial charge is 0.508 e. The summed E-state index contributed by atoms with van der Waals surface area (Å²) in [6.07, 6.45) is 1.58. The number of nitrogens with zero attached hydrogens (tertiary/aromatic N) is 5. The molecule has 0 bridgehead atoms. The molecule has 31 heavy (non-hydrogen) atoms. The zero-order valence-corrected chi connectivity index (χ0v) is 16.8. The van der Waals surface area contributed by atoms with Crippen molar-refractivity contribution >= 4 is 16.9 Å². The van der Waals surface area contributed by atoms with Crippen molar-refractivity contribution in [3.8, 4) is 34.4 Å². The Morgan fingerprint density at radius 3 is 2.74 bits per heavy atom. The van der Waals surface area contributed by atoms with Crippen LogP contribution in [0.3, 0.4) is 0 Å². The fourth-order valence-corrected chi connectivity index (χ4v) is 3.88. The number of aromatic nitrogens is 3. The van der Waals surface area contributed by atoms with E-state index in [4.69, 9.17) is 4.42 Å². The van der Waals surface area contributed by atoms with Gasteiger partial charge in [-0.3, -0.25) is 5.10 Å². The second kappa shape index (κ2) is 7.41. The van der Waals surface area contributed by atoms with Crippen molar-refractivity contribution in [3.05, 3.63) is 47.9 Å². The van der Waals surface area contributed by atoms with E-state index in [1.165, 1.54) is 12.1 Å². The minimum Gasteiger partial charge on any atom is -0.508 e. The summed E-state index contributed by atoms with van der Waals surface area (Å²) in [6, 6.07) is 9.61. The molecule has 0 aliphatic carbocycles. The first-order valence-corrected chi connectivity index (χ1v) is 9.85. The molecule has 1 fully saturated rings. The second-order valence-electron chi connectivity index (χ2n) is 7.55. The number of aromatic hydroxyl groups is 1. The molecule has 4 aromatic rings. The Bertz CT molecular complexity index is 1310. The average Bonchev–Trinajstić information content (AvgIpc) is 3.42. The molecule has 1 aliphatic heterocycles. The summed E-state index contributed by atoms with van der Waals surface area (Å²) in [5.74, 6) is 0.328. The van der Waals surface area contributed by atoms with E-state index in [2.05, 4.69) is 38.1 Å². The van der Waals surface area contributed by atoms with Crippen molar-refractivity contribution in [1.82, 2.24) is 20.1 Å². The van der Waals surface area contributed by atoms with Crippen LogP contribution in [0.15, 0.2) is 40.9 Å². The van der Waals surface area contributed by atoms with Crippen LogP contribution in [0.2, 0.25) is 0 Å². The number of hydrogen-bond acceptors (Lipinski definition) is 7. The molecule has 0 spiro atoms. The molecule has 2 N–H and O–H groups in total. The monoisotopic (exact) mass is 418 g/mol. The fraction of sp³-hybridized carbons (Fsp3) is 0.227. The van der Waals surface area contributed by atoms with E-state index in [9.17, 15) is 14.8 Å². The lowest BCUT2D eigenvalue weighted by Gasteiger charge is -2.32. The molecule has 156 valence electrons. The molecule has 0 atom stereocenters. The van der Waals surface area contributed by atoms with Crippen LogP contribution in [0.4, 0.5) is 10.3 Å². The summed E-state index contributed by atoms with van der Waals surface area (Å²) in [6.45, 7) is 3.56. The zero-order chi connectivity index (χ0) is 21.5. The van der Waals surface area contributed by atoms with Crippen molar-refractivity contribution in [2.45, 2.75) is 0 Å². The molecule has 1 aromatic carbocycles. The van der Waals surface area contributed by atoms with E-state index < -0.39 is 5.82 Å². The summed E-state index contributed by atoms with van der Waals surface area (Å²) in [5, 5.41) is 27.0. The molecule has 8 nitrogen and oxygen atoms in total. The van der Waals surface area contributed by atoms with Crippen molar-refractivity contribution in [2.24, 2.45) is 0 Å². The second-order valence-corrected chi connectivity index (χ2v) is 7.55. The van der Waals surface area contributed by atoms with Crippen LogP contribution in [0.25, 0.3) is 33.6 Å². The number of phenols is 1. The average molecular weight is 418 g/mol. The van der Waals surface area contributed by atoms with E-state index in [1.807, 2.05) is 12.1 Å². The van der Waals surface area contributed by atoms with Gasteiger partial charge in [0.25, 0.3) is 0 Å². The highest BCUT2D eigenvalue weighted by Gasteiger charge is 2.24. The van der Waals surface area contributed by atoms with Crippen molar-refractivity contribution in [1.29, 1.82) is 5.26 Å². The van der Waals surface area contributed by atoms with Gasteiger partial charge >= 0.3 is 0 Å². The number of nitrogens with one attached hydrogen (secondary N) is 1. The summed E-state index contributed by atoms with van der Waals surface area (Å²) in [7, 11) is 2.08. The molecule has 1 saturated heterocycles. The van der Waals surface area contributed by atoms with Gasteiger partial charge in [-0.05, 0) is 25.2 Å². The van der Waals surface area contributed by atoms with Crippen molar-refractivity contribution in [2.75, 3.05) is 38.1 Å². The Labute approximate surface area is 177 Å². The highest BCUT2D eigenvalue weighted by atomic mass is 19.1. The van der Waals surface area contributed by atoms with E-state index in [0.29, 0.717) is 22.4 Å². The number of hydrogen-bond donors (Lipinski definition) is 2. The molecule has 5 rings (SSSR count). The van der Waals surface area contributed by atoms with Gasteiger partial charge < -0.3 is 19.3 Å². The van der Waals surface area contributed by atoms with Gasteiger partial charge in [-0.1, -0.05) is 0 Å². The maximum Gasteiger partial charge on any atom is 0.196 e. The van der Waals surface area contributed by atoms with Gasteiger partial charge in [-0.25, -0.2) is 9.37 Å². The number of furan rings is 1. The standard InChI is InChI=1S/C22H19FN6O2/c1-28-6-8-29(9-7-28)19-5-4-18(31-19)20-15(11-24)21(26-22-16(20)12-25-27-22)14-3-2-13(30)10-17(14)23/h2-5,10,12,30H,6-9H2,1H3,(H,25,26,27). The van der Waals surface area contributed by atoms with Crippen LogP contribution in [-0.4, -0.2) is 58.4 Å². The van der Waals surface area contributed by atoms with Crippen molar-refractivity contribution in [3.63, 3.8) is 0 Å². The number of halogens is 1. The minimum atomic E-state index is -0.675. The molecule has 3 aromatic heterocycles. The number of benzene rings is 1. The number of aromatic amines is 1. The van der Waals surface area contributed by atoms with E-state index >= 15 is 0 Å². The quantitative estimate of drug-likeness (QED) is 0.526. The molecular weight excluding hydrogens is 399 g/mol. The maximum atomic E-state index is 14.6. The summed E-state index contributed by atoms with van der Waals surface area (Å²) in [5.41, 5.74) is 1.36. The third-order valence-corrected chi connectivity index (χ3v) is 5.57. The van der Waals surface area contributed by atoms with Crippen LogP contribution in [-0.2, 0) is 0 Å². The first kappa shape index (κ1) is 19.1. The molecule has 0 amide bonds. The topological polar surface area (TPSA) is 105 Å². The number of piperazine rings is 1. The lowest BCUT2D eigenvalue weighted by molar-refractivity contribution is 0.306. The van der Waals surface area contributed by atoms with Gasteiger partial charge in [-0.2, -0.15) is 10.4 Å². The molecule has 9 heteroatoms.